The second-order valence-corrected chi connectivity index (χ2v) is 8.09. The van der Waals surface area contributed by atoms with Gasteiger partial charge < -0.3 is 5.32 Å². The highest BCUT2D eigenvalue weighted by atomic mass is 32.2. The van der Waals surface area contributed by atoms with Gasteiger partial charge in [0.2, 0.25) is 5.91 Å². The highest BCUT2D eigenvalue weighted by Gasteiger charge is 2.30. The monoisotopic (exact) mass is 407 g/mol. The van der Waals surface area contributed by atoms with Crippen LogP contribution < -0.4 is 5.32 Å². The Morgan fingerprint density at radius 1 is 1.14 bits per heavy atom. The van der Waals surface area contributed by atoms with E-state index in [9.17, 15) is 4.79 Å². The average Bonchev–Trinajstić information content (AvgIpc) is 3.51. The van der Waals surface area contributed by atoms with Crippen molar-refractivity contribution in [2.24, 2.45) is 0 Å². The quantitative estimate of drug-likeness (QED) is 0.556. The minimum atomic E-state index is -0.0149. The molecular weight excluding hydrogens is 382 g/mol. The molecule has 6 nitrogen and oxygen atoms in total. The molecule has 1 fully saturated rings. The third kappa shape index (κ3) is 4.34. The molecule has 0 bridgehead atoms. The number of hydrogen-bond acceptors (Lipinski definition) is 5. The van der Waals surface area contributed by atoms with E-state index in [0.717, 1.165) is 47.9 Å². The van der Waals surface area contributed by atoms with E-state index in [1.807, 2.05) is 12.1 Å². The van der Waals surface area contributed by atoms with Gasteiger partial charge in [-0.1, -0.05) is 43.8 Å². The van der Waals surface area contributed by atoms with Crippen LogP contribution in [0.15, 0.2) is 47.9 Å². The van der Waals surface area contributed by atoms with Crippen LogP contribution in [0.25, 0.3) is 11.4 Å². The molecule has 150 valence electrons. The number of anilines is 1. The van der Waals surface area contributed by atoms with Gasteiger partial charge in [0.1, 0.15) is 0 Å². The van der Waals surface area contributed by atoms with Gasteiger partial charge in [0.15, 0.2) is 11.0 Å². The summed E-state index contributed by atoms with van der Waals surface area (Å²) in [7, 11) is 0. The first-order chi connectivity index (χ1) is 14.2. The zero-order valence-corrected chi connectivity index (χ0v) is 17.6. The Balaban J connectivity index is 1.49. The highest BCUT2D eigenvalue weighted by Crippen LogP contribution is 2.41. The first kappa shape index (κ1) is 19.6. The van der Waals surface area contributed by atoms with Gasteiger partial charge in [-0.25, -0.2) is 0 Å². The first-order valence-corrected chi connectivity index (χ1v) is 11.1. The molecule has 29 heavy (non-hydrogen) atoms. The molecule has 0 atom stereocenters. The minimum absolute atomic E-state index is 0.0149. The fraction of sp³-hybridized carbons (Fsp3) is 0.364. The van der Waals surface area contributed by atoms with E-state index in [2.05, 4.69) is 57.1 Å². The van der Waals surface area contributed by atoms with E-state index in [4.69, 9.17) is 0 Å². The Morgan fingerprint density at radius 3 is 2.52 bits per heavy atom. The summed E-state index contributed by atoms with van der Waals surface area (Å²) in [5.74, 6) is 1.12. The summed E-state index contributed by atoms with van der Waals surface area (Å²) >= 11 is 1.44. The Labute approximate surface area is 175 Å². The number of nitrogens with zero attached hydrogens (tertiary/aromatic N) is 4. The maximum Gasteiger partial charge on any atom is 0.234 e. The lowest BCUT2D eigenvalue weighted by molar-refractivity contribution is -0.113. The van der Waals surface area contributed by atoms with E-state index < -0.39 is 0 Å². The van der Waals surface area contributed by atoms with Crippen molar-refractivity contribution < 1.29 is 4.79 Å². The van der Waals surface area contributed by atoms with Gasteiger partial charge in [0.05, 0.1) is 5.75 Å². The van der Waals surface area contributed by atoms with Crippen molar-refractivity contribution in [3.05, 3.63) is 53.9 Å². The lowest BCUT2D eigenvalue weighted by atomic mass is 10.0. The molecule has 2 aromatic heterocycles. The Bertz CT molecular complexity index is 975. The number of carbonyl (C=O) groups excluding carboxylic acids is 1. The van der Waals surface area contributed by atoms with Crippen molar-refractivity contribution in [1.82, 2.24) is 19.7 Å². The number of thioether (sulfide) groups is 1. The fourth-order valence-corrected chi connectivity index (χ4v) is 4.24. The van der Waals surface area contributed by atoms with Crippen LogP contribution in [-0.4, -0.2) is 31.4 Å². The molecule has 1 aliphatic carbocycles. The number of rotatable bonds is 8. The number of amides is 1. The first-order valence-electron chi connectivity index (χ1n) is 10.1. The van der Waals surface area contributed by atoms with E-state index in [-0.39, 0.29) is 5.91 Å². The third-order valence-corrected chi connectivity index (χ3v) is 6.03. The molecule has 1 aromatic carbocycles. The van der Waals surface area contributed by atoms with E-state index in [1.165, 1.54) is 22.9 Å². The molecule has 1 amide bonds. The van der Waals surface area contributed by atoms with Crippen LogP contribution in [0.5, 0.6) is 0 Å². The van der Waals surface area contributed by atoms with Crippen molar-refractivity contribution in [3.8, 4) is 11.4 Å². The largest absolute Gasteiger partial charge is 0.325 e. The lowest BCUT2D eigenvalue weighted by Crippen LogP contribution is -2.17. The molecule has 0 aliphatic heterocycles. The summed E-state index contributed by atoms with van der Waals surface area (Å²) in [4.78, 5) is 16.9. The van der Waals surface area contributed by atoms with Crippen LogP contribution in [-0.2, 0) is 17.6 Å². The molecule has 1 N–H and O–H groups in total. The predicted molar refractivity (Wildman–Crippen MR) is 116 cm³/mol. The molecule has 0 spiro atoms. The molecule has 1 aliphatic rings. The number of pyridine rings is 1. The zero-order chi connectivity index (χ0) is 20.2. The summed E-state index contributed by atoms with van der Waals surface area (Å²) in [5.41, 5.74) is 4.25. The predicted octanol–water partition coefficient (Wildman–Crippen LogP) is 4.53. The van der Waals surface area contributed by atoms with Crippen molar-refractivity contribution >= 4 is 23.4 Å². The van der Waals surface area contributed by atoms with Gasteiger partial charge in [-0.2, -0.15) is 0 Å². The smallest absolute Gasteiger partial charge is 0.234 e. The van der Waals surface area contributed by atoms with E-state index >= 15 is 0 Å². The van der Waals surface area contributed by atoms with Gasteiger partial charge in [0.25, 0.3) is 0 Å². The van der Waals surface area contributed by atoms with Crippen LogP contribution in [0.1, 0.15) is 43.9 Å². The van der Waals surface area contributed by atoms with Gasteiger partial charge in [0, 0.05) is 29.7 Å². The molecule has 4 rings (SSSR count). The van der Waals surface area contributed by atoms with Gasteiger partial charge in [-0.3, -0.25) is 14.3 Å². The standard InChI is InChI=1S/C22H25N5OS/c1-3-15-7-5-8-16(4-2)20(15)24-19(28)14-29-22-26-25-21(27(22)18-10-11-18)17-9-6-12-23-13-17/h5-9,12-13,18H,3-4,10-11,14H2,1-2H3,(H,24,28). The van der Waals surface area contributed by atoms with Crippen LogP contribution in [0, 0.1) is 0 Å². The van der Waals surface area contributed by atoms with Gasteiger partial charge >= 0.3 is 0 Å². The Hall–Kier alpha value is -2.67. The number of nitrogens with one attached hydrogen (secondary N) is 1. The molecule has 0 saturated heterocycles. The van der Waals surface area contributed by atoms with Crippen molar-refractivity contribution in [3.63, 3.8) is 0 Å². The van der Waals surface area contributed by atoms with Crippen LogP contribution in [0.2, 0.25) is 0 Å². The molecule has 2 heterocycles. The molecular formula is C22H25N5OS. The summed E-state index contributed by atoms with van der Waals surface area (Å²) in [6.07, 6.45) is 7.57. The normalized spacial score (nSPS) is 13.4. The summed E-state index contributed by atoms with van der Waals surface area (Å²) in [6, 6.07) is 10.5. The van der Waals surface area contributed by atoms with E-state index in [1.54, 1.807) is 12.4 Å². The summed E-state index contributed by atoms with van der Waals surface area (Å²) < 4.78 is 2.16. The highest BCUT2D eigenvalue weighted by molar-refractivity contribution is 7.99. The Morgan fingerprint density at radius 2 is 1.90 bits per heavy atom. The second kappa shape index (κ2) is 8.78. The van der Waals surface area contributed by atoms with Gasteiger partial charge in [-0.15, -0.1) is 10.2 Å². The van der Waals surface area contributed by atoms with E-state index in [0.29, 0.717) is 11.8 Å². The maximum atomic E-state index is 12.7. The zero-order valence-electron chi connectivity index (χ0n) is 16.8. The maximum absolute atomic E-state index is 12.7. The molecule has 3 aromatic rings. The topological polar surface area (TPSA) is 72.7 Å². The summed E-state index contributed by atoms with van der Waals surface area (Å²) in [5, 5.41) is 12.7. The molecule has 0 radical (unpaired) electrons. The molecule has 7 heteroatoms. The molecule has 1 saturated carbocycles. The lowest BCUT2D eigenvalue weighted by Gasteiger charge is -2.14. The third-order valence-electron chi connectivity index (χ3n) is 5.09. The van der Waals surface area contributed by atoms with Crippen molar-refractivity contribution in [1.29, 1.82) is 0 Å². The number of hydrogen-bond donors (Lipinski definition) is 1. The number of aryl methyl sites for hydroxylation is 2. The number of aromatic nitrogens is 4. The molecule has 0 unspecified atom stereocenters. The minimum Gasteiger partial charge on any atom is -0.325 e. The number of para-hydroxylation sites is 1. The second-order valence-electron chi connectivity index (χ2n) is 7.14. The van der Waals surface area contributed by atoms with Crippen LogP contribution in [0.4, 0.5) is 5.69 Å². The fourth-order valence-electron chi connectivity index (χ4n) is 3.44. The number of benzene rings is 1. The van der Waals surface area contributed by atoms with Crippen molar-refractivity contribution in [2.45, 2.75) is 50.7 Å². The Kier molecular flexibility index (Phi) is 5.94. The summed E-state index contributed by atoms with van der Waals surface area (Å²) in [6.45, 7) is 4.22. The average molecular weight is 408 g/mol. The van der Waals surface area contributed by atoms with Crippen LogP contribution in [0.3, 0.4) is 0 Å². The van der Waals surface area contributed by atoms with Gasteiger partial charge in [-0.05, 0) is 48.9 Å². The number of carbonyl (C=O) groups is 1. The van der Waals surface area contributed by atoms with Crippen molar-refractivity contribution in [2.75, 3.05) is 11.1 Å². The SMILES string of the molecule is CCc1cccc(CC)c1NC(=O)CSc1nnc(-c2cccnc2)n1C1CC1. The van der Waals surface area contributed by atoms with Crippen LogP contribution >= 0.6 is 11.8 Å².